The van der Waals surface area contributed by atoms with Crippen LogP contribution in [0.4, 0.5) is 0 Å². The van der Waals surface area contributed by atoms with Crippen molar-refractivity contribution in [3.8, 4) is 0 Å². The number of carboxylic acid groups (broad SMARTS) is 1. The minimum absolute atomic E-state index is 0.0332. The summed E-state index contributed by atoms with van der Waals surface area (Å²) < 4.78 is 7.05. The second kappa shape index (κ2) is 6.29. The van der Waals surface area contributed by atoms with Crippen molar-refractivity contribution in [1.29, 1.82) is 0 Å². The lowest BCUT2D eigenvalue weighted by Gasteiger charge is -2.73. The minimum atomic E-state index is -2.55. The van der Waals surface area contributed by atoms with E-state index in [9.17, 15) is 9.90 Å². The van der Waals surface area contributed by atoms with Gasteiger partial charge in [-0.15, -0.1) is 0 Å². The molecule has 1 N–H and O–H groups in total. The molecule has 2 bridgehead atoms. The Bertz CT molecular complexity index is 824. The van der Waals surface area contributed by atoms with Crippen LogP contribution in [0.15, 0.2) is 60.7 Å². The minimum Gasteiger partial charge on any atom is -0.481 e. The van der Waals surface area contributed by atoms with Crippen LogP contribution in [0.5, 0.6) is 0 Å². The van der Waals surface area contributed by atoms with Gasteiger partial charge >= 0.3 is 5.97 Å². The standard InChI is InChI=1S/C24H30O3Si/c1-18-23(15-24(18,16-23)21(25)26)17-27-28(22(2,3)4,19-11-7-5-8-12-19)20-13-9-6-10-14-20/h5-14,18H,15-17H2,1-4H3,(H,25,26). The van der Waals surface area contributed by atoms with E-state index in [0.717, 1.165) is 12.8 Å². The summed E-state index contributed by atoms with van der Waals surface area (Å²) in [6, 6.07) is 21.3. The van der Waals surface area contributed by atoms with Crippen LogP contribution < -0.4 is 10.4 Å². The largest absolute Gasteiger partial charge is 0.481 e. The molecule has 0 aliphatic heterocycles. The van der Waals surface area contributed by atoms with E-state index in [4.69, 9.17) is 4.43 Å². The number of hydrogen-bond donors (Lipinski definition) is 1. The molecule has 28 heavy (non-hydrogen) atoms. The van der Waals surface area contributed by atoms with Crippen LogP contribution in [-0.4, -0.2) is 26.0 Å². The van der Waals surface area contributed by atoms with E-state index in [-0.39, 0.29) is 16.4 Å². The summed E-state index contributed by atoms with van der Waals surface area (Å²) in [5.74, 6) is -0.442. The lowest BCUT2D eigenvalue weighted by atomic mass is 9.29. The predicted molar refractivity (Wildman–Crippen MR) is 114 cm³/mol. The molecular weight excluding hydrogens is 364 g/mol. The fraction of sp³-hybridized carbons (Fsp3) is 0.458. The lowest BCUT2D eigenvalue weighted by molar-refractivity contribution is -0.277. The quantitative estimate of drug-likeness (QED) is 0.752. The molecule has 5 rings (SSSR count). The van der Waals surface area contributed by atoms with Gasteiger partial charge in [0.05, 0.1) is 5.41 Å². The van der Waals surface area contributed by atoms with Crippen LogP contribution >= 0.6 is 0 Å². The van der Waals surface area contributed by atoms with Gasteiger partial charge in [0.2, 0.25) is 0 Å². The van der Waals surface area contributed by atoms with Crippen LogP contribution in [0.25, 0.3) is 0 Å². The zero-order valence-electron chi connectivity index (χ0n) is 17.2. The topological polar surface area (TPSA) is 46.5 Å². The Morgan fingerprint density at radius 3 is 1.86 bits per heavy atom. The van der Waals surface area contributed by atoms with Crippen molar-refractivity contribution in [2.24, 2.45) is 16.7 Å². The number of benzene rings is 2. The van der Waals surface area contributed by atoms with Gasteiger partial charge in [0.15, 0.2) is 0 Å². The highest BCUT2D eigenvalue weighted by Gasteiger charge is 2.77. The van der Waals surface area contributed by atoms with Gasteiger partial charge in [-0.25, -0.2) is 0 Å². The molecule has 3 aliphatic rings. The third kappa shape index (κ3) is 2.47. The molecule has 0 radical (unpaired) electrons. The van der Waals surface area contributed by atoms with Crippen molar-refractivity contribution in [3.63, 3.8) is 0 Å². The first kappa shape index (κ1) is 19.4. The number of aliphatic carboxylic acids is 1. The Kier molecular flexibility index (Phi) is 4.36. The Labute approximate surface area is 168 Å². The fourth-order valence-electron chi connectivity index (χ4n) is 5.72. The summed E-state index contributed by atoms with van der Waals surface area (Å²) in [6.07, 6.45) is 1.52. The van der Waals surface area contributed by atoms with Crippen LogP contribution in [0, 0.1) is 16.7 Å². The smallest absolute Gasteiger partial charge is 0.309 e. The second-order valence-corrected chi connectivity index (χ2v) is 14.2. The van der Waals surface area contributed by atoms with Gasteiger partial charge in [-0.2, -0.15) is 0 Å². The molecule has 3 fully saturated rings. The SMILES string of the molecule is CC1C2(CO[Si](c3ccccc3)(c3ccccc3)C(C)(C)C)CC1(C(=O)O)C2. The Morgan fingerprint density at radius 1 is 1.04 bits per heavy atom. The van der Waals surface area contributed by atoms with Gasteiger partial charge in [-0.3, -0.25) is 4.79 Å². The third-order valence-electron chi connectivity index (χ3n) is 7.50. The molecule has 0 saturated heterocycles. The molecular formula is C24H30O3Si. The molecule has 2 aromatic carbocycles. The average molecular weight is 395 g/mol. The van der Waals surface area contributed by atoms with E-state index in [2.05, 4.69) is 88.4 Å². The monoisotopic (exact) mass is 394 g/mol. The van der Waals surface area contributed by atoms with E-state index < -0.39 is 19.7 Å². The average Bonchev–Trinajstić information content (AvgIpc) is 2.64. The Morgan fingerprint density at radius 2 is 1.50 bits per heavy atom. The molecule has 2 aromatic rings. The van der Waals surface area contributed by atoms with Crippen LogP contribution in [-0.2, 0) is 9.22 Å². The van der Waals surface area contributed by atoms with E-state index in [1.54, 1.807) is 0 Å². The van der Waals surface area contributed by atoms with Gasteiger partial charge in [-0.05, 0) is 39.6 Å². The van der Waals surface area contributed by atoms with Crippen molar-refractivity contribution in [2.75, 3.05) is 6.61 Å². The lowest BCUT2D eigenvalue weighted by Crippen LogP contribution is -2.76. The van der Waals surface area contributed by atoms with E-state index >= 15 is 0 Å². The second-order valence-electron chi connectivity index (χ2n) is 9.85. The third-order valence-corrected chi connectivity index (χ3v) is 12.5. The van der Waals surface area contributed by atoms with Crippen LogP contribution in [0.1, 0.15) is 40.5 Å². The van der Waals surface area contributed by atoms with Crippen molar-refractivity contribution in [1.82, 2.24) is 0 Å². The normalized spacial score (nSPS) is 28.9. The van der Waals surface area contributed by atoms with Gasteiger partial charge in [-0.1, -0.05) is 88.4 Å². The van der Waals surface area contributed by atoms with Crippen molar-refractivity contribution in [3.05, 3.63) is 60.7 Å². The molecule has 3 nitrogen and oxygen atoms in total. The number of hydrogen-bond acceptors (Lipinski definition) is 2. The van der Waals surface area contributed by atoms with E-state index in [1.807, 2.05) is 0 Å². The van der Waals surface area contributed by atoms with Crippen LogP contribution in [0.3, 0.4) is 0 Å². The fourth-order valence-corrected chi connectivity index (χ4v) is 10.4. The maximum absolute atomic E-state index is 11.7. The van der Waals surface area contributed by atoms with Gasteiger partial charge in [0, 0.05) is 6.61 Å². The van der Waals surface area contributed by atoms with Crippen molar-refractivity contribution in [2.45, 2.75) is 45.6 Å². The van der Waals surface area contributed by atoms with Gasteiger partial charge in [0.1, 0.15) is 0 Å². The molecule has 0 spiro atoms. The number of rotatable bonds is 6. The van der Waals surface area contributed by atoms with E-state index in [0.29, 0.717) is 6.61 Å². The molecule has 148 valence electrons. The molecule has 3 saturated carbocycles. The highest BCUT2D eigenvalue weighted by atomic mass is 28.4. The van der Waals surface area contributed by atoms with Crippen molar-refractivity contribution >= 4 is 24.7 Å². The first-order chi connectivity index (χ1) is 13.2. The molecule has 1 unspecified atom stereocenters. The first-order valence-corrected chi connectivity index (χ1v) is 12.1. The van der Waals surface area contributed by atoms with Gasteiger partial charge in [0.25, 0.3) is 8.32 Å². The number of carbonyl (C=O) groups is 1. The summed E-state index contributed by atoms with van der Waals surface area (Å²) in [5.41, 5.74) is -0.458. The predicted octanol–water partition coefficient (Wildman–Crippen LogP) is 4.06. The molecule has 1 atom stereocenters. The van der Waals surface area contributed by atoms with Crippen molar-refractivity contribution < 1.29 is 14.3 Å². The highest BCUT2D eigenvalue weighted by molar-refractivity contribution is 6.99. The highest BCUT2D eigenvalue weighted by Crippen LogP contribution is 2.77. The summed E-state index contributed by atoms with van der Waals surface area (Å²) >= 11 is 0. The zero-order chi connectivity index (χ0) is 20.2. The molecule has 0 aromatic heterocycles. The molecule has 4 heteroatoms. The maximum atomic E-state index is 11.7. The van der Waals surface area contributed by atoms with E-state index in [1.165, 1.54) is 10.4 Å². The first-order valence-electron chi connectivity index (χ1n) is 10.2. The Balaban J connectivity index is 1.72. The maximum Gasteiger partial charge on any atom is 0.309 e. The molecule has 3 aliphatic carbocycles. The molecule has 0 heterocycles. The number of carboxylic acids is 1. The zero-order valence-corrected chi connectivity index (χ0v) is 18.2. The summed E-state index contributed by atoms with van der Waals surface area (Å²) in [6.45, 7) is 9.59. The summed E-state index contributed by atoms with van der Waals surface area (Å²) in [7, 11) is -2.55. The summed E-state index contributed by atoms with van der Waals surface area (Å²) in [5, 5.41) is 12.1. The van der Waals surface area contributed by atoms with Crippen LogP contribution in [0.2, 0.25) is 5.04 Å². The molecule has 0 amide bonds. The Hall–Kier alpha value is -1.91. The van der Waals surface area contributed by atoms with Gasteiger partial charge < -0.3 is 9.53 Å². The summed E-state index contributed by atoms with van der Waals surface area (Å²) in [4.78, 5) is 11.7.